The Morgan fingerprint density at radius 1 is 0.625 bits per heavy atom. The van der Waals surface area contributed by atoms with Crippen LogP contribution in [-0.4, -0.2) is 172 Å². The Morgan fingerprint density at radius 2 is 1.00 bits per heavy atom. The van der Waals surface area contributed by atoms with Gasteiger partial charge < -0.3 is 68.3 Å². The predicted octanol–water partition coefficient (Wildman–Crippen LogP) is -2.40. The number of nitrogens with zero attached hydrogens (tertiary/aromatic N) is 1. The molecule has 0 aliphatic heterocycles. The second-order valence-electron chi connectivity index (χ2n) is 11.6. The van der Waals surface area contributed by atoms with Gasteiger partial charge in [-0.15, -0.1) is 0 Å². The van der Waals surface area contributed by atoms with Crippen LogP contribution in [0.25, 0.3) is 0 Å². The summed E-state index contributed by atoms with van der Waals surface area (Å²) in [6, 6.07) is 5.27. The zero-order valence-corrected chi connectivity index (χ0v) is 33.1. The fourth-order valence-corrected chi connectivity index (χ4v) is 5.04. The summed E-state index contributed by atoms with van der Waals surface area (Å²) < 4.78 is 49.7. The van der Waals surface area contributed by atoms with E-state index >= 15 is 0 Å². The van der Waals surface area contributed by atoms with Crippen molar-refractivity contribution in [2.45, 2.75) is 19.4 Å². The van der Waals surface area contributed by atoms with Gasteiger partial charge in [0.25, 0.3) is 0 Å². The standard InChI is InChI=1S/C33H62N7O15P/c1-2-56(44,45)55-29-5-3-28(4-6-29)25-30(33(43)39-9-12-48-15-18-51-21-24-54-36)40(26-31(41)37-7-10-46-13-16-49-19-22-52-34)27-32(42)38-8-11-47-14-17-50-20-23-53-35/h3-6,30H,2,7-27,34-36H2,1H3,(H,37,41)(H,38,42)(H,39,43)(H,44,45). The fourth-order valence-electron chi connectivity index (χ4n) is 4.46. The monoisotopic (exact) mass is 827 g/mol. The van der Waals surface area contributed by atoms with Gasteiger partial charge >= 0.3 is 7.60 Å². The third kappa shape index (κ3) is 27.7. The lowest BCUT2D eigenvalue weighted by Crippen LogP contribution is -2.54. The molecule has 0 radical (unpaired) electrons. The summed E-state index contributed by atoms with van der Waals surface area (Å²) in [4.78, 5) is 64.9. The summed E-state index contributed by atoms with van der Waals surface area (Å²) in [6.45, 7) is 5.35. The van der Waals surface area contributed by atoms with Gasteiger partial charge in [-0.1, -0.05) is 19.1 Å². The molecule has 0 bridgehead atoms. The Hall–Kier alpha value is -2.90. The molecule has 324 valence electrons. The summed E-state index contributed by atoms with van der Waals surface area (Å²) >= 11 is 0. The molecule has 0 aliphatic rings. The average Bonchev–Trinajstić information content (AvgIpc) is 3.18. The highest BCUT2D eigenvalue weighted by Gasteiger charge is 2.30. The number of nitrogens with two attached hydrogens (primary N) is 3. The minimum Gasteiger partial charge on any atom is -0.424 e. The first-order valence-electron chi connectivity index (χ1n) is 18.2. The molecule has 2 atom stereocenters. The van der Waals surface area contributed by atoms with E-state index in [0.717, 1.165) is 0 Å². The van der Waals surface area contributed by atoms with E-state index in [0.29, 0.717) is 45.2 Å². The summed E-state index contributed by atoms with van der Waals surface area (Å²) in [5.74, 6) is 13.7. The van der Waals surface area contributed by atoms with E-state index in [2.05, 4.69) is 30.5 Å². The summed E-state index contributed by atoms with van der Waals surface area (Å²) in [6.07, 6.45) is -0.0148. The first kappa shape index (κ1) is 51.1. The van der Waals surface area contributed by atoms with Gasteiger partial charge in [0.2, 0.25) is 17.7 Å². The molecule has 1 aromatic carbocycles. The van der Waals surface area contributed by atoms with Crippen molar-refractivity contribution in [1.29, 1.82) is 0 Å². The molecule has 22 nitrogen and oxygen atoms in total. The van der Waals surface area contributed by atoms with Crippen molar-refractivity contribution in [2.24, 2.45) is 17.7 Å². The second kappa shape index (κ2) is 34.2. The van der Waals surface area contributed by atoms with Crippen molar-refractivity contribution >= 4 is 25.3 Å². The van der Waals surface area contributed by atoms with Gasteiger partial charge in [-0.05, 0) is 24.1 Å². The number of amides is 3. The molecule has 0 saturated carbocycles. The highest BCUT2D eigenvalue weighted by atomic mass is 31.2. The molecule has 3 amide bonds. The van der Waals surface area contributed by atoms with E-state index in [1.54, 1.807) is 12.1 Å². The minimum absolute atomic E-state index is 0.0613. The molecule has 56 heavy (non-hydrogen) atoms. The second-order valence-corrected chi connectivity index (χ2v) is 13.7. The third-order valence-electron chi connectivity index (χ3n) is 7.27. The van der Waals surface area contributed by atoms with E-state index < -0.39 is 31.4 Å². The highest BCUT2D eigenvalue weighted by Crippen LogP contribution is 2.41. The van der Waals surface area contributed by atoms with Gasteiger partial charge in [0, 0.05) is 19.6 Å². The largest absolute Gasteiger partial charge is 0.424 e. The van der Waals surface area contributed by atoms with Crippen molar-refractivity contribution in [3.63, 3.8) is 0 Å². The molecule has 0 saturated heterocycles. The lowest BCUT2D eigenvalue weighted by atomic mass is 10.0. The summed E-state index contributed by atoms with van der Waals surface area (Å²) in [7, 11) is -3.81. The third-order valence-corrected chi connectivity index (χ3v) is 8.57. The van der Waals surface area contributed by atoms with E-state index in [1.165, 1.54) is 24.0 Å². The maximum atomic E-state index is 13.8. The van der Waals surface area contributed by atoms with Gasteiger partial charge in [0.15, 0.2) is 0 Å². The number of rotatable bonds is 38. The van der Waals surface area contributed by atoms with Crippen LogP contribution in [-0.2, 0) is 68.3 Å². The normalized spacial score (nSPS) is 13.0. The summed E-state index contributed by atoms with van der Waals surface area (Å²) in [5, 5.41) is 8.33. The number of hydrogen-bond acceptors (Lipinski definition) is 18. The number of benzene rings is 1. The lowest BCUT2D eigenvalue weighted by molar-refractivity contribution is -0.131. The molecule has 1 rings (SSSR count). The van der Waals surface area contributed by atoms with Crippen molar-refractivity contribution in [1.82, 2.24) is 20.9 Å². The summed E-state index contributed by atoms with van der Waals surface area (Å²) in [5.41, 5.74) is 0.629. The molecule has 0 aliphatic carbocycles. The van der Waals surface area contributed by atoms with Crippen LogP contribution in [0.15, 0.2) is 24.3 Å². The molecule has 0 heterocycles. The Bertz CT molecular complexity index is 1170. The Balaban J connectivity index is 3.02. The molecule has 10 N–H and O–H groups in total. The Morgan fingerprint density at radius 3 is 1.39 bits per heavy atom. The lowest BCUT2D eigenvalue weighted by Gasteiger charge is -2.30. The Kier molecular flexibility index (Phi) is 31.2. The highest BCUT2D eigenvalue weighted by molar-refractivity contribution is 7.53. The topological polar surface area (TPSA) is 298 Å². The predicted molar refractivity (Wildman–Crippen MR) is 201 cm³/mol. The van der Waals surface area contributed by atoms with Crippen molar-refractivity contribution in [3.05, 3.63) is 29.8 Å². The van der Waals surface area contributed by atoms with Gasteiger partial charge in [0.1, 0.15) is 5.75 Å². The number of carbonyl (C=O) groups is 3. The molecule has 23 heteroatoms. The van der Waals surface area contributed by atoms with E-state index in [4.69, 9.17) is 50.6 Å². The molecule has 0 spiro atoms. The van der Waals surface area contributed by atoms with E-state index in [-0.39, 0.29) is 111 Å². The van der Waals surface area contributed by atoms with Crippen LogP contribution in [0.4, 0.5) is 0 Å². The number of nitrogens with one attached hydrogen (secondary N) is 3. The van der Waals surface area contributed by atoms with Crippen LogP contribution >= 0.6 is 7.60 Å². The number of hydrogen-bond donors (Lipinski definition) is 7. The van der Waals surface area contributed by atoms with Crippen LogP contribution in [0.3, 0.4) is 0 Å². The smallest absolute Gasteiger partial charge is 0.376 e. The quantitative estimate of drug-likeness (QED) is 0.0208. The molecule has 0 aromatic heterocycles. The van der Waals surface area contributed by atoms with Crippen molar-refractivity contribution < 1.29 is 71.3 Å². The number of ether oxygens (including phenoxy) is 6. The zero-order chi connectivity index (χ0) is 41.1. The molecular weight excluding hydrogens is 765 g/mol. The first-order valence-corrected chi connectivity index (χ1v) is 20.0. The molecular formula is C33H62N7O15P. The van der Waals surface area contributed by atoms with Crippen LogP contribution in [0, 0.1) is 0 Å². The van der Waals surface area contributed by atoms with Crippen molar-refractivity contribution in [3.8, 4) is 5.75 Å². The zero-order valence-electron chi connectivity index (χ0n) is 32.2. The van der Waals surface area contributed by atoms with Crippen LogP contribution in [0.1, 0.15) is 12.5 Å². The SMILES string of the molecule is CCP(=O)(O)Oc1ccc(CC(C(=O)NCCOCCOCCON)N(CC(=O)NCCOCCOCCON)CC(=O)NCCOCCOCCON)cc1. The molecule has 2 unspecified atom stereocenters. The molecule has 0 fully saturated rings. The average molecular weight is 828 g/mol. The molecule has 1 aromatic rings. The maximum Gasteiger partial charge on any atom is 0.376 e. The van der Waals surface area contributed by atoms with Gasteiger partial charge in [-0.3, -0.25) is 19.3 Å². The Labute approximate surface area is 327 Å². The fraction of sp³-hybridized carbons (Fsp3) is 0.727. The van der Waals surface area contributed by atoms with Gasteiger partial charge in [-0.2, -0.15) is 0 Å². The maximum absolute atomic E-state index is 13.8. The van der Waals surface area contributed by atoms with Crippen LogP contribution in [0.2, 0.25) is 0 Å². The van der Waals surface area contributed by atoms with E-state index in [1.807, 2.05) is 0 Å². The van der Waals surface area contributed by atoms with Crippen LogP contribution in [0.5, 0.6) is 5.75 Å². The minimum atomic E-state index is -3.81. The van der Waals surface area contributed by atoms with Gasteiger partial charge in [0.05, 0.1) is 124 Å². The van der Waals surface area contributed by atoms with E-state index in [9.17, 15) is 23.8 Å². The van der Waals surface area contributed by atoms with Crippen LogP contribution < -0.4 is 38.2 Å². The van der Waals surface area contributed by atoms with Crippen molar-refractivity contribution in [2.75, 3.05) is 138 Å². The number of carbonyl (C=O) groups excluding carboxylic acids is 3. The first-order chi connectivity index (χ1) is 27.1. The van der Waals surface area contributed by atoms with Gasteiger partial charge in [-0.25, -0.2) is 22.3 Å².